The van der Waals surface area contributed by atoms with E-state index in [4.69, 9.17) is 4.74 Å². The van der Waals surface area contributed by atoms with Gasteiger partial charge >= 0.3 is 0 Å². The molecular weight excluding hydrogens is 275 g/mol. The van der Waals surface area contributed by atoms with Crippen molar-refractivity contribution in [2.45, 2.75) is 31.8 Å². The van der Waals surface area contributed by atoms with E-state index in [0.717, 1.165) is 5.75 Å². The molecule has 0 N–H and O–H groups in total. The highest BCUT2D eigenvalue weighted by Gasteiger charge is 2.15. The Bertz CT molecular complexity index is 262. The van der Waals surface area contributed by atoms with Gasteiger partial charge in [-0.25, -0.2) is 0 Å². The lowest BCUT2D eigenvalue weighted by atomic mass is 10.3. The molecule has 0 saturated heterocycles. The predicted octanol–water partition coefficient (Wildman–Crippen LogP) is 3.61. The maximum Gasteiger partial charge on any atom is 0.119 e. The molecule has 1 nitrogen and oxygen atoms in total. The molecule has 70 valence electrons. The van der Waals surface area contributed by atoms with Crippen LogP contribution in [-0.4, -0.2) is 6.10 Å². The Morgan fingerprint density at radius 3 is 2.31 bits per heavy atom. The van der Waals surface area contributed by atoms with E-state index in [1.807, 2.05) is 0 Å². The molecule has 13 heavy (non-hydrogen) atoms. The second-order valence-electron chi connectivity index (χ2n) is 3.48. The van der Waals surface area contributed by atoms with Gasteiger partial charge in [-0.1, -0.05) is 0 Å². The summed E-state index contributed by atoms with van der Waals surface area (Å²) in [4.78, 5) is 0. The second-order valence-corrected chi connectivity index (χ2v) is 4.72. The number of ether oxygens (including phenoxy) is 1. The largest absolute Gasteiger partial charge is 0.490 e. The highest BCUT2D eigenvalue weighted by molar-refractivity contribution is 14.1. The minimum absolute atomic E-state index is 0.472. The predicted molar refractivity (Wildman–Crippen MR) is 62.0 cm³/mol. The monoisotopic (exact) mass is 288 g/mol. The van der Waals surface area contributed by atoms with E-state index in [1.165, 1.54) is 29.3 Å². The summed E-state index contributed by atoms with van der Waals surface area (Å²) in [7, 11) is 0. The molecule has 1 aliphatic carbocycles. The fraction of sp³-hybridized carbons (Fsp3) is 0.455. The zero-order valence-electron chi connectivity index (χ0n) is 7.50. The van der Waals surface area contributed by atoms with Gasteiger partial charge in [-0.2, -0.15) is 0 Å². The van der Waals surface area contributed by atoms with Crippen molar-refractivity contribution in [2.24, 2.45) is 0 Å². The third-order valence-corrected chi connectivity index (χ3v) is 3.14. The molecule has 1 aliphatic rings. The van der Waals surface area contributed by atoms with Gasteiger partial charge < -0.3 is 4.74 Å². The molecule has 2 heteroatoms. The van der Waals surface area contributed by atoms with Crippen LogP contribution in [0.4, 0.5) is 0 Å². The smallest absolute Gasteiger partial charge is 0.119 e. The topological polar surface area (TPSA) is 9.23 Å². The normalized spacial score (nSPS) is 17.6. The lowest BCUT2D eigenvalue weighted by Crippen LogP contribution is -2.10. The Hall–Kier alpha value is -0.250. The van der Waals surface area contributed by atoms with Crippen molar-refractivity contribution in [2.75, 3.05) is 0 Å². The zero-order chi connectivity index (χ0) is 9.10. The first-order chi connectivity index (χ1) is 6.34. The van der Waals surface area contributed by atoms with E-state index >= 15 is 0 Å². The summed E-state index contributed by atoms with van der Waals surface area (Å²) in [6.45, 7) is 0. The van der Waals surface area contributed by atoms with Crippen molar-refractivity contribution in [3.8, 4) is 5.75 Å². The Morgan fingerprint density at radius 2 is 1.69 bits per heavy atom. The van der Waals surface area contributed by atoms with Gasteiger partial charge in [-0.15, -0.1) is 0 Å². The van der Waals surface area contributed by atoms with Gasteiger partial charge in [0.05, 0.1) is 6.10 Å². The maximum atomic E-state index is 5.83. The zero-order valence-corrected chi connectivity index (χ0v) is 9.66. The number of halogens is 1. The third-order valence-electron chi connectivity index (χ3n) is 2.42. The van der Waals surface area contributed by atoms with Gasteiger partial charge in [0.1, 0.15) is 5.75 Å². The summed E-state index contributed by atoms with van der Waals surface area (Å²) in [5, 5.41) is 0. The fourth-order valence-corrected chi connectivity index (χ4v) is 2.07. The molecular formula is C11H13IO. The Balaban J connectivity index is 1.97. The highest BCUT2D eigenvalue weighted by Crippen LogP contribution is 2.24. The second kappa shape index (κ2) is 4.31. The fourth-order valence-electron chi connectivity index (χ4n) is 1.71. The SMILES string of the molecule is Ic1ccc(OC2CCCC2)cc1. The van der Waals surface area contributed by atoms with Gasteiger partial charge in [-0.3, -0.25) is 0 Å². The standard InChI is InChI=1S/C11H13IO/c12-9-5-7-11(8-6-9)13-10-3-1-2-4-10/h5-8,10H,1-4H2. The summed E-state index contributed by atoms with van der Waals surface area (Å²) < 4.78 is 7.09. The van der Waals surface area contributed by atoms with Crippen molar-refractivity contribution >= 4 is 22.6 Å². The van der Waals surface area contributed by atoms with Crippen LogP contribution in [0.1, 0.15) is 25.7 Å². The average Bonchev–Trinajstić information content (AvgIpc) is 2.62. The molecule has 1 aromatic rings. The summed E-state index contributed by atoms with van der Waals surface area (Å²) in [6, 6.07) is 8.29. The maximum absolute atomic E-state index is 5.83. The van der Waals surface area contributed by atoms with Crippen LogP contribution in [0.3, 0.4) is 0 Å². The van der Waals surface area contributed by atoms with Crippen LogP contribution in [0.2, 0.25) is 0 Å². The van der Waals surface area contributed by atoms with E-state index < -0.39 is 0 Å². The molecule has 0 radical (unpaired) electrons. The Morgan fingerprint density at radius 1 is 1.08 bits per heavy atom. The van der Waals surface area contributed by atoms with Crippen molar-refractivity contribution in [1.82, 2.24) is 0 Å². The lowest BCUT2D eigenvalue weighted by molar-refractivity contribution is 0.210. The third kappa shape index (κ3) is 2.59. The Labute approximate surface area is 92.6 Å². The Kier molecular flexibility index (Phi) is 3.09. The summed E-state index contributed by atoms with van der Waals surface area (Å²) in [5.41, 5.74) is 0. The molecule has 0 unspecified atom stereocenters. The number of hydrogen-bond acceptors (Lipinski definition) is 1. The first-order valence-corrected chi connectivity index (χ1v) is 5.85. The van der Waals surface area contributed by atoms with Gasteiger partial charge in [0.2, 0.25) is 0 Å². The van der Waals surface area contributed by atoms with Crippen LogP contribution >= 0.6 is 22.6 Å². The van der Waals surface area contributed by atoms with Crippen molar-refractivity contribution < 1.29 is 4.74 Å². The van der Waals surface area contributed by atoms with Gasteiger partial charge in [0.25, 0.3) is 0 Å². The van der Waals surface area contributed by atoms with Crippen LogP contribution in [0, 0.1) is 3.57 Å². The van der Waals surface area contributed by atoms with Crippen LogP contribution in [0.15, 0.2) is 24.3 Å². The quantitative estimate of drug-likeness (QED) is 0.755. The molecule has 0 spiro atoms. The van der Waals surface area contributed by atoms with Crippen LogP contribution in [0.5, 0.6) is 5.75 Å². The van der Waals surface area contributed by atoms with Crippen molar-refractivity contribution in [1.29, 1.82) is 0 Å². The minimum atomic E-state index is 0.472. The van der Waals surface area contributed by atoms with Crippen LogP contribution in [0.25, 0.3) is 0 Å². The van der Waals surface area contributed by atoms with Crippen LogP contribution in [-0.2, 0) is 0 Å². The van der Waals surface area contributed by atoms with Gasteiger partial charge in [0.15, 0.2) is 0 Å². The molecule has 0 aliphatic heterocycles. The van der Waals surface area contributed by atoms with E-state index in [-0.39, 0.29) is 0 Å². The van der Waals surface area contributed by atoms with Crippen molar-refractivity contribution in [3.63, 3.8) is 0 Å². The molecule has 2 rings (SSSR count). The average molecular weight is 288 g/mol. The molecule has 0 aromatic heterocycles. The minimum Gasteiger partial charge on any atom is -0.490 e. The van der Waals surface area contributed by atoms with Gasteiger partial charge in [0, 0.05) is 3.57 Å². The molecule has 1 fully saturated rings. The summed E-state index contributed by atoms with van der Waals surface area (Å²) in [6.07, 6.45) is 5.59. The number of benzene rings is 1. The first-order valence-electron chi connectivity index (χ1n) is 4.77. The van der Waals surface area contributed by atoms with E-state index in [2.05, 4.69) is 46.9 Å². The first kappa shape index (κ1) is 9.31. The van der Waals surface area contributed by atoms with Crippen LogP contribution < -0.4 is 4.74 Å². The van der Waals surface area contributed by atoms with E-state index in [1.54, 1.807) is 0 Å². The summed E-state index contributed by atoms with van der Waals surface area (Å²) in [5.74, 6) is 1.02. The molecule has 0 amide bonds. The van der Waals surface area contributed by atoms with E-state index in [9.17, 15) is 0 Å². The highest BCUT2D eigenvalue weighted by atomic mass is 127. The molecule has 0 bridgehead atoms. The molecule has 1 saturated carbocycles. The van der Waals surface area contributed by atoms with Crippen molar-refractivity contribution in [3.05, 3.63) is 27.8 Å². The van der Waals surface area contributed by atoms with Gasteiger partial charge in [-0.05, 0) is 72.5 Å². The molecule has 1 aromatic carbocycles. The lowest BCUT2D eigenvalue weighted by Gasteiger charge is -2.12. The number of rotatable bonds is 2. The molecule has 0 heterocycles. The number of hydrogen-bond donors (Lipinski definition) is 0. The van der Waals surface area contributed by atoms with E-state index in [0.29, 0.717) is 6.10 Å². The molecule has 0 atom stereocenters. The summed E-state index contributed by atoms with van der Waals surface area (Å²) >= 11 is 2.31.